The van der Waals surface area contributed by atoms with Crippen molar-refractivity contribution in [2.24, 2.45) is 0 Å². The van der Waals surface area contributed by atoms with Gasteiger partial charge in [0.25, 0.3) is 0 Å². The van der Waals surface area contributed by atoms with Crippen molar-refractivity contribution in [1.82, 2.24) is 4.98 Å². The number of pyridine rings is 1. The molecule has 1 heterocycles. The number of thioether (sulfide) groups is 1. The Labute approximate surface area is 99.0 Å². The lowest BCUT2D eigenvalue weighted by atomic mass is 10.1. The zero-order valence-electron chi connectivity index (χ0n) is 9.14. The lowest BCUT2D eigenvalue weighted by molar-refractivity contribution is 0.218. The van der Waals surface area contributed by atoms with Crippen LogP contribution >= 0.6 is 11.8 Å². The van der Waals surface area contributed by atoms with Gasteiger partial charge >= 0.3 is 0 Å². The number of hydrogen-bond donors (Lipinski definition) is 1. The number of ether oxygens (including phenoxy) is 1. The van der Waals surface area contributed by atoms with Crippen molar-refractivity contribution in [3.8, 4) is 0 Å². The Morgan fingerprint density at radius 1 is 1.38 bits per heavy atom. The molecule has 1 aromatic carbocycles. The molecule has 2 N–H and O–H groups in total. The molecule has 2 rings (SSSR count). The average molecular weight is 234 g/mol. The fraction of sp³-hybridized carbons (Fsp3) is 0.250. The molecule has 3 nitrogen and oxygen atoms in total. The third-order valence-corrected chi connectivity index (χ3v) is 3.40. The summed E-state index contributed by atoms with van der Waals surface area (Å²) in [7, 11) is 1.70. The van der Waals surface area contributed by atoms with Crippen LogP contribution < -0.4 is 5.73 Å². The highest BCUT2D eigenvalue weighted by atomic mass is 32.2. The van der Waals surface area contributed by atoms with E-state index in [9.17, 15) is 0 Å². The van der Waals surface area contributed by atoms with Crippen molar-refractivity contribution in [1.29, 1.82) is 0 Å². The Hall–Kier alpha value is -1.26. The van der Waals surface area contributed by atoms with E-state index < -0.39 is 0 Å². The van der Waals surface area contributed by atoms with Crippen molar-refractivity contribution in [2.45, 2.75) is 4.90 Å². The van der Waals surface area contributed by atoms with Crippen LogP contribution in [-0.2, 0) is 4.74 Å². The summed E-state index contributed by atoms with van der Waals surface area (Å²) in [6, 6.07) is 6.04. The van der Waals surface area contributed by atoms with Crippen molar-refractivity contribution in [3.05, 3.63) is 30.6 Å². The first-order chi connectivity index (χ1) is 7.83. The number of benzene rings is 1. The van der Waals surface area contributed by atoms with Gasteiger partial charge < -0.3 is 10.5 Å². The number of anilines is 1. The normalized spacial score (nSPS) is 10.8. The monoisotopic (exact) mass is 234 g/mol. The number of nitrogen functional groups attached to an aromatic ring is 1. The Kier molecular flexibility index (Phi) is 3.64. The van der Waals surface area contributed by atoms with E-state index in [4.69, 9.17) is 10.5 Å². The van der Waals surface area contributed by atoms with Crippen LogP contribution in [0.25, 0.3) is 10.8 Å². The van der Waals surface area contributed by atoms with Gasteiger partial charge in [0, 0.05) is 40.9 Å². The summed E-state index contributed by atoms with van der Waals surface area (Å²) in [5, 5.41) is 2.15. The van der Waals surface area contributed by atoms with Crippen LogP contribution in [0, 0.1) is 0 Å². The standard InChI is InChI=1S/C12H14N2OS/c1-15-6-7-16-11-3-2-9-8-14-5-4-10(9)12(11)13/h2-5,8H,6-7,13H2,1H3. The second-order valence-corrected chi connectivity index (χ2v) is 4.55. The molecule has 0 saturated carbocycles. The quantitative estimate of drug-likeness (QED) is 0.502. The first kappa shape index (κ1) is 11.2. The Morgan fingerprint density at radius 3 is 3.06 bits per heavy atom. The van der Waals surface area contributed by atoms with Crippen LogP contribution in [-0.4, -0.2) is 24.5 Å². The average Bonchev–Trinajstić information content (AvgIpc) is 2.33. The highest BCUT2D eigenvalue weighted by Gasteiger charge is 2.04. The highest BCUT2D eigenvalue weighted by molar-refractivity contribution is 7.99. The SMILES string of the molecule is COCCSc1ccc2cnccc2c1N. The lowest BCUT2D eigenvalue weighted by Gasteiger charge is -2.08. The Bertz CT molecular complexity index is 487. The van der Waals surface area contributed by atoms with E-state index in [0.29, 0.717) is 0 Å². The molecule has 0 atom stereocenters. The molecule has 16 heavy (non-hydrogen) atoms. The van der Waals surface area contributed by atoms with Crippen LogP contribution in [0.1, 0.15) is 0 Å². The fourth-order valence-electron chi connectivity index (χ4n) is 1.53. The summed E-state index contributed by atoms with van der Waals surface area (Å²) >= 11 is 1.72. The number of hydrogen-bond acceptors (Lipinski definition) is 4. The van der Waals surface area contributed by atoms with E-state index in [-0.39, 0.29) is 0 Å². The molecule has 4 heteroatoms. The van der Waals surface area contributed by atoms with Crippen LogP contribution in [0.15, 0.2) is 35.5 Å². The van der Waals surface area contributed by atoms with Gasteiger partial charge in [-0.1, -0.05) is 6.07 Å². The van der Waals surface area contributed by atoms with Gasteiger partial charge in [0.1, 0.15) is 0 Å². The number of aromatic nitrogens is 1. The number of rotatable bonds is 4. The summed E-state index contributed by atoms with van der Waals surface area (Å²) in [5.74, 6) is 0.914. The largest absolute Gasteiger partial charge is 0.397 e. The van der Waals surface area contributed by atoms with E-state index >= 15 is 0 Å². The topological polar surface area (TPSA) is 48.1 Å². The summed E-state index contributed by atoms with van der Waals surface area (Å²) < 4.78 is 5.02. The molecule has 0 aliphatic carbocycles. The van der Waals surface area contributed by atoms with Gasteiger partial charge in [0.05, 0.1) is 12.3 Å². The van der Waals surface area contributed by atoms with Gasteiger partial charge in [-0.15, -0.1) is 11.8 Å². The predicted molar refractivity (Wildman–Crippen MR) is 68.8 cm³/mol. The Morgan fingerprint density at radius 2 is 2.25 bits per heavy atom. The van der Waals surface area contributed by atoms with Crippen molar-refractivity contribution in [3.63, 3.8) is 0 Å². The first-order valence-corrected chi connectivity index (χ1v) is 6.05. The molecular formula is C12H14N2OS. The minimum atomic E-state index is 0.735. The van der Waals surface area contributed by atoms with Crippen molar-refractivity contribution in [2.75, 3.05) is 25.2 Å². The first-order valence-electron chi connectivity index (χ1n) is 5.07. The minimum absolute atomic E-state index is 0.735. The zero-order chi connectivity index (χ0) is 11.4. The van der Waals surface area contributed by atoms with E-state index in [0.717, 1.165) is 33.7 Å². The molecule has 0 amide bonds. The molecule has 0 radical (unpaired) electrons. The highest BCUT2D eigenvalue weighted by Crippen LogP contribution is 2.31. The van der Waals surface area contributed by atoms with Crippen LogP contribution in [0.3, 0.4) is 0 Å². The summed E-state index contributed by atoms with van der Waals surface area (Å²) in [6.45, 7) is 0.735. The molecular weight excluding hydrogens is 220 g/mol. The van der Waals surface area contributed by atoms with E-state index in [1.54, 1.807) is 25.1 Å². The lowest BCUT2D eigenvalue weighted by Crippen LogP contribution is -1.95. The third kappa shape index (κ3) is 2.28. The van der Waals surface area contributed by atoms with Gasteiger partial charge in [0.2, 0.25) is 0 Å². The third-order valence-electron chi connectivity index (χ3n) is 2.37. The van der Waals surface area contributed by atoms with E-state index in [1.165, 1.54) is 0 Å². The smallest absolute Gasteiger partial charge is 0.0556 e. The van der Waals surface area contributed by atoms with E-state index in [1.807, 2.05) is 24.4 Å². The van der Waals surface area contributed by atoms with Gasteiger partial charge in [-0.2, -0.15) is 0 Å². The fourth-order valence-corrected chi connectivity index (χ4v) is 2.43. The molecule has 0 bridgehead atoms. The second-order valence-electron chi connectivity index (χ2n) is 3.42. The van der Waals surface area contributed by atoms with Crippen molar-refractivity contribution < 1.29 is 4.74 Å². The summed E-state index contributed by atoms with van der Waals surface area (Å²) in [5.41, 5.74) is 6.95. The van der Waals surface area contributed by atoms with Crippen molar-refractivity contribution >= 4 is 28.2 Å². The zero-order valence-corrected chi connectivity index (χ0v) is 9.96. The molecule has 84 valence electrons. The minimum Gasteiger partial charge on any atom is -0.397 e. The summed E-state index contributed by atoms with van der Waals surface area (Å²) in [6.07, 6.45) is 3.59. The van der Waals surface area contributed by atoms with Gasteiger partial charge in [0.15, 0.2) is 0 Å². The van der Waals surface area contributed by atoms with Gasteiger partial charge in [-0.3, -0.25) is 4.98 Å². The predicted octanol–water partition coefficient (Wildman–Crippen LogP) is 2.56. The maximum atomic E-state index is 6.11. The van der Waals surface area contributed by atoms with Gasteiger partial charge in [-0.25, -0.2) is 0 Å². The van der Waals surface area contributed by atoms with Crippen LogP contribution in [0.4, 0.5) is 5.69 Å². The number of nitrogens with zero attached hydrogens (tertiary/aromatic N) is 1. The molecule has 0 unspecified atom stereocenters. The number of fused-ring (bicyclic) bond motifs is 1. The molecule has 2 aromatic rings. The molecule has 0 aliphatic rings. The molecule has 0 fully saturated rings. The number of methoxy groups -OCH3 is 1. The molecule has 0 spiro atoms. The van der Waals surface area contributed by atoms with E-state index in [2.05, 4.69) is 4.98 Å². The second kappa shape index (κ2) is 5.18. The summed E-state index contributed by atoms with van der Waals surface area (Å²) in [4.78, 5) is 5.18. The maximum absolute atomic E-state index is 6.11. The molecule has 0 saturated heterocycles. The Balaban J connectivity index is 2.29. The molecule has 1 aromatic heterocycles. The van der Waals surface area contributed by atoms with Crippen LogP contribution in [0.2, 0.25) is 0 Å². The molecule has 0 aliphatic heterocycles. The van der Waals surface area contributed by atoms with Gasteiger partial charge in [-0.05, 0) is 12.1 Å². The number of nitrogens with two attached hydrogens (primary N) is 1. The van der Waals surface area contributed by atoms with Crippen LogP contribution in [0.5, 0.6) is 0 Å². The maximum Gasteiger partial charge on any atom is 0.0556 e.